The monoisotopic (exact) mass is 860 g/mol. The molecule has 1 aliphatic rings. The van der Waals surface area contributed by atoms with Crippen LogP contribution in [0.5, 0.6) is 0 Å². The molecule has 14 nitrogen and oxygen atoms in total. The van der Waals surface area contributed by atoms with E-state index in [4.69, 9.17) is 14.2 Å². The molecule has 3 N–H and O–H groups in total. The molecular formula is C48H73N7O7. The molecule has 62 heavy (non-hydrogen) atoms. The van der Waals surface area contributed by atoms with E-state index >= 15 is 0 Å². The van der Waals surface area contributed by atoms with Crippen LogP contribution in [0.25, 0.3) is 22.5 Å². The van der Waals surface area contributed by atoms with Crippen molar-refractivity contribution in [2.24, 2.45) is 5.41 Å². The topological polar surface area (TPSA) is 166 Å². The van der Waals surface area contributed by atoms with Crippen molar-refractivity contribution >= 4 is 29.4 Å². The van der Waals surface area contributed by atoms with Crippen LogP contribution in [-0.2, 0) is 41.7 Å². The van der Waals surface area contributed by atoms with E-state index in [0.717, 1.165) is 36.0 Å². The molecule has 0 saturated heterocycles. The van der Waals surface area contributed by atoms with Crippen LogP contribution in [0.15, 0.2) is 48.5 Å². The van der Waals surface area contributed by atoms with Crippen LogP contribution >= 0.6 is 0 Å². The van der Waals surface area contributed by atoms with Crippen molar-refractivity contribution in [1.29, 1.82) is 0 Å². The SMILES string of the molecule is CCC(C)(C)C(=O)C(CCCCNC(=O)OCCn1nnc2c1-c1ccccc1N(C(=O)CCC(=O)NCCC(C)(C)OCCC(C)(C)OC)Cc1ccccc1-2)NC(C)(C)C. The number of carbonyl (C=O) groups excluding carboxylic acids is 4. The van der Waals surface area contributed by atoms with Gasteiger partial charge in [-0.1, -0.05) is 68.4 Å². The van der Waals surface area contributed by atoms with Crippen molar-refractivity contribution in [3.8, 4) is 22.5 Å². The zero-order valence-corrected chi connectivity index (χ0v) is 39.2. The highest BCUT2D eigenvalue weighted by Crippen LogP contribution is 2.41. The minimum atomic E-state index is -0.536. The van der Waals surface area contributed by atoms with Gasteiger partial charge in [0, 0.05) is 55.1 Å². The number of nitrogens with zero attached hydrogens (tertiary/aromatic N) is 4. The Kier molecular flexibility index (Phi) is 17.8. The molecule has 0 radical (unpaired) electrons. The highest BCUT2D eigenvalue weighted by molar-refractivity contribution is 6.01. The van der Waals surface area contributed by atoms with E-state index in [0.29, 0.717) is 56.0 Å². The first kappa shape index (κ1) is 50.0. The van der Waals surface area contributed by atoms with E-state index in [9.17, 15) is 19.2 Å². The van der Waals surface area contributed by atoms with Crippen LogP contribution in [0, 0.1) is 5.41 Å². The maximum absolute atomic E-state index is 14.1. The highest BCUT2D eigenvalue weighted by Gasteiger charge is 2.34. The zero-order chi connectivity index (χ0) is 45.7. The molecule has 0 fully saturated rings. The lowest BCUT2D eigenvalue weighted by molar-refractivity contribution is -0.130. The van der Waals surface area contributed by atoms with Crippen LogP contribution in [0.4, 0.5) is 10.5 Å². The Balaban J connectivity index is 1.36. The van der Waals surface area contributed by atoms with Crippen molar-refractivity contribution in [2.45, 2.75) is 156 Å². The van der Waals surface area contributed by atoms with E-state index in [1.807, 2.05) is 97.0 Å². The lowest BCUT2D eigenvalue weighted by Gasteiger charge is -2.33. The number of carbonyl (C=O) groups is 4. The fraction of sp³-hybridized carbons (Fsp3) is 0.625. The maximum atomic E-state index is 14.1. The number of anilines is 1. The molecule has 342 valence electrons. The fourth-order valence-electron chi connectivity index (χ4n) is 7.27. The minimum absolute atomic E-state index is 0.0190. The van der Waals surface area contributed by atoms with Gasteiger partial charge in [-0.15, -0.1) is 5.10 Å². The predicted molar refractivity (Wildman–Crippen MR) is 244 cm³/mol. The average molecular weight is 860 g/mol. The smallest absolute Gasteiger partial charge is 0.407 e. The summed E-state index contributed by atoms with van der Waals surface area (Å²) in [5, 5.41) is 18.4. The summed E-state index contributed by atoms with van der Waals surface area (Å²) in [7, 11) is 1.69. The summed E-state index contributed by atoms with van der Waals surface area (Å²) < 4.78 is 18.9. The van der Waals surface area contributed by atoms with Gasteiger partial charge in [0.25, 0.3) is 0 Å². The Labute approximate surface area is 369 Å². The minimum Gasteiger partial charge on any atom is -0.448 e. The van der Waals surface area contributed by atoms with Crippen molar-refractivity contribution < 1.29 is 33.4 Å². The van der Waals surface area contributed by atoms with Crippen LogP contribution in [0.3, 0.4) is 0 Å². The molecule has 2 heterocycles. The first-order valence-corrected chi connectivity index (χ1v) is 22.3. The standard InChI is InChI=1S/C48H73N7O7/c1-12-46(5,6)43(58)37(51-45(2,3)4)22-17-18-28-50-44(59)61-32-30-55-42-36-21-15-16-23-38(36)54(33-34-19-13-14-20-35(34)41(42)52-53-55)40(57)25-24-39(56)49-29-26-48(9,10)62-31-27-47(7,8)60-11/h13-16,19-21,23,37,51H,12,17-18,22,24-33H2,1-11H3,(H,49,56)(H,50,59). The Morgan fingerprint density at radius 1 is 0.806 bits per heavy atom. The van der Waals surface area contributed by atoms with E-state index in [1.54, 1.807) is 16.7 Å². The molecule has 1 atom stereocenters. The number of Topliss-reactive ketones (excluding diaryl/α,β-unsaturated/α-hetero) is 1. The van der Waals surface area contributed by atoms with Gasteiger partial charge in [0.1, 0.15) is 12.3 Å². The van der Waals surface area contributed by atoms with E-state index in [-0.39, 0.29) is 67.3 Å². The number of benzene rings is 2. The van der Waals surface area contributed by atoms with Crippen LogP contribution in [0.1, 0.15) is 126 Å². The number of methoxy groups -OCH3 is 1. The molecule has 0 saturated carbocycles. The first-order valence-electron chi connectivity index (χ1n) is 22.3. The normalized spacial score (nSPS) is 13.6. The molecule has 4 rings (SSSR count). The molecule has 2 aromatic carbocycles. The molecular weight excluding hydrogens is 787 g/mol. The lowest BCUT2D eigenvalue weighted by Crippen LogP contribution is -2.51. The van der Waals surface area contributed by atoms with Crippen LogP contribution in [0.2, 0.25) is 0 Å². The number of aromatic nitrogens is 3. The summed E-state index contributed by atoms with van der Waals surface area (Å²) in [4.78, 5) is 54.9. The molecule has 1 unspecified atom stereocenters. The average Bonchev–Trinajstić information content (AvgIpc) is 3.62. The molecule has 1 aromatic heterocycles. The maximum Gasteiger partial charge on any atom is 0.407 e. The zero-order valence-electron chi connectivity index (χ0n) is 39.2. The number of rotatable bonds is 23. The quantitative estimate of drug-likeness (QED) is 0.0796. The van der Waals surface area contributed by atoms with Gasteiger partial charge >= 0.3 is 6.09 Å². The second kappa shape index (κ2) is 22.1. The number of hydrogen-bond acceptors (Lipinski definition) is 10. The Morgan fingerprint density at radius 2 is 1.50 bits per heavy atom. The van der Waals surface area contributed by atoms with E-state index in [2.05, 4.69) is 47.0 Å². The summed E-state index contributed by atoms with van der Waals surface area (Å²) in [5.41, 5.74) is 3.20. The third kappa shape index (κ3) is 14.7. The van der Waals surface area contributed by atoms with E-state index in [1.165, 1.54) is 0 Å². The number of ether oxygens (including phenoxy) is 3. The number of para-hydroxylation sites is 1. The number of fused-ring (bicyclic) bond motifs is 5. The van der Waals surface area contributed by atoms with E-state index < -0.39 is 17.1 Å². The largest absolute Gasteiger partial charge is 0.448 e. The van der Waals surface area contributed by atoms with Gasteiger partial charge in [-0.25, -0.2) is 9.48 Å². The van der Waals surface area contributed by atoms with Gasteiger partial charge in [-0.05, 0) is 98.6 Å². The number of amides is 3. The highest BCUT2D eigenvalue weighted by atomic mass is 16.5. The fourth-order valence-corrected chi connectivity index (χ4v) is 7.27. The number of ketones is 1. The van der Waals surface area contributed by atoms with Crippen molar-refractivity contribution in [3.05, 3.63) is 54.1 Å². The van der Waals surface area contributed by atoms with Crippen molar-refractivity contribution in [3.63, 3.8) is 0 Å². The van der Waals surface area contributed by atoms with Crippen molar-refractivity contribution in [1.82, 2.24) is 30.9 Å². The van der Waals surface area contributed by atoms with Gasteiger partial charge in [-0.3, -0.25) is 14.4 Å². The third-order valence-electron chi connectivity index (χ3n) is 11.7. The summed E-state index contributed by atoms with van der Waals surface area (Å²) in [5.74, 6) is -0.175. The predicted octanol–water partition coefficient (Wildman–Crippen LogP) is 8.01. The van der Waals surface area contributed by atoms with Crippen molar-refractivity contribution in [2.75, 3.05) is 38.3 Å². The second-order valence-electron chi connectivity index (χ2n) is 19.2. The summed E-state index contributed by atoms with van der Waals surface area (Å²) in [6.07, 6.45) is 3.81. The number of hydrogen-bond donors (Lipinski definition) is 3. The number of alkyl carbamates (subject to hydrolysis) is 1. The van der Waals surface area contributed by atoms with Gasteiger partial charge in [0.2, 0.25) is 11.8 Å². The lowest BCUT2D eigenvalue weighted by atomic mass is 9.80. The molecule has 3 aromatic rings. The Morgan fingerprint density at radius 3 is 2.19 bits per heavy atom. The van der Waals surface area contributed by atoms with Gasteiger partial charge in [0.15, 0.2) is 5.78 Å². The number of unbranched alkanes of at least 4 members (excludes halogenated alkanes) is 1. The van der Waals surface area contributed by atoms with Gasteiger partial charge < -0.3 is 35.1 Å². The molecule has 0 aliphatic carbocycles. The molecule has 0 spiro atoms. The molecule has 0 bridgehead atoms. The molecule has 3 amide bonds. The summed E-state index contributed by atoms with van der Waals surface area (Å²) >= 11 is 0. The summed E-state index contributed by atoms with van der Waals surface area (Å²) in [6, 6.07) is 15.1. The van der Waals surface area contributed by atoms with Gasteiger partial charge in [0.05, 0.1) is 48.3 Å². The molecule has 1 aliphatic heterocycles. The van der Waals surface area contributed by atoms with Crippen LogP contribution < -0.4 is 20.9 Å². The number of nitrogens with one attached hydrogen (secondary N) is 3. The van der Waals surface area contributed by atoms with Crippen LogP contribution in [-0.4, -0.2) is 94.9 Å². The second-order valence-corrected chi connectivity index (χ2v) is 19.2. The van der Waals surface area contributed by atoms with Gasteiger partial charge in [-0.2, -0.15) is 0 Å². The molecule has 14 heteroatoms. The first-order chi connectivity index (χ1) is 29.2. The Bertz CT molecular complexity index is 1970. The summed E-state index contributed by atoms with van der Waals surface area (Å²) in [6.45, 7) is 22.2. The third-order valence-corrected chi connectivity index (χ3v) is 11.7. The Hall–Kier alpha value is -4.66.